The first-order valence-corrected chi connectivity index (χ1v) is 7.08. The van der Waals surface area contributed by atoms with E-state index in [2.05, 4.69) is 5.32 Å². The van der Waals surface area contributed by atoms with Crippen LogP contribution in [0.3, 0.4) is 0 Å². The lowest BCUT2D eigenvalue weighted by Gasteiger charge is -2.08. The lowest BCUT2D eigenvalue weighted by atomic mass is 10.3. The normalized spacial score (nSPS) is 11.3. The lowest BCUT2D eigenvalue weighted by molar-refractivity contribution is 0.101. The summed E-state index contributed by atoms with van der Waals surface area (Å²) in [6.07, 6.45) is 1.68. The van der Waals surface area contributed by atoms with Crippen LogP contribution in [0.25, 0.3) is 0 Å². The molecule has 2 aromatic rings. The largest absolute Gasteiger partial charge is 0.347 e. The van der Waals surface area contributed by atoms with Crippen molar-refractivity contribution in [1.29, 1.82) is 0 Å². The molecule has 1 heterocycles. The van der Waals surface area contributed by atoms with Crippen LogP contribution in [0.5, 0.6) is 0 Å². The Kier molecular flexibility index (Phi) is 3.60. The fraction of sp³-hybridized carbons (Fsp3) is 0.0833. The number of anilines is 1. The van der Waals surface area contributed by atoms with Crippen molar-refractivity contribution in [2.45, 2.75) is 4.90 Å². The van der Waals surface area contributed by atoms with Gasteiger partial charge in [0.15, 0.2) is 0 Å². The number of amides is 1. The molecule has 3 N–H and O–H groups in total. The number of hydrogen-bond acceptors (Lipinski definition) is 3. The van der Waals surface area contributed by atoms with Crippen molar-refractivity contribution in [3.05, 3.63) is 48.0 Å². The number of nitrogens with two attached hydrogens (primary N) is 1. The van der Waals surface area contributed by atoms with Gasteiger partial charge in [-0.05, 0) is 30.3 Å². The molecule has 0 bridgehead atoms. The summed E-state index contributed by atoms with van der Waals surface area (Å²) < 4.78 is 37.3. The van der Waals surface area contributed by atoms with Gasteiger partial charge in [-0.3, -0.25) is 4.79 Å². The van der Waals surface area contributed by atoms with E-state index in [1.54, 1.807) is 29.9 Å². The maximum absolute atomic E-state index is 13.4. The van der Waals surface area contributed by atoms with Crippen molar-refractivity contribution in [1.82, 2.24) is 4.57 Å². The summed E-state index contributed by atoms with van der Waals surface area (Å²) in [5.74, 6) is -1.29. The van der Waals surface area contributed by atoms with E-state index in [9.17, 15) is 17.6 Å². The number of sulfonamides is 1. The van der Waals surface area contributed by atoms with Gasteiger partial charge in [-0.2, -0.15) is 0 Å². The number of nitrogens with zero attached hydrogens (tertiary/aromatic N) is 1. The zero-order chi connectivity index (χ0) is 14.9. The Balaban J connectivity index is 2.33. The molecule has 20 heavy (non-hydrogen) atoms. The van der Waals surface area contributed by atoms with Crippen LogP contribution in [0.15, 0.2) is 41.4 Å². The summed E-state index contributed by atoms with van der Waals surface area (Å²) in [5, 5.41) is 7.35. The molecule has 2 rings (SSSR count). The predicted octanol–water partition coefficient (Wildman–Crippen LogP) is 1.06. The maximum atomic E-state index is 13.4. The Hall–Kier alpha value is -2.19. The smallest absolute Gasteiger partial charge is 0.272 e. The molecule has 0 saturated carbocycles. The van der Waals surface area contributed by atoms with Crippen LogP contribution in [0.2, 0.25) is 0 Å². The second-order valence-corrected chi connectivity index (χ2v) is 5.74. The third-order valence-corrected chi connectivity index (χ3v) is 3.53. The SMILES string of the molecule is Cn1cccc1C(=O)Nc1cc(F)cc(S(N)(=O)=O)c1. The second-order valence-electron chi connectivity index (χ2n) is 4.18. The highest BCUT2D eigenvalue weighted by Gasteiger charge is 2.14. The van der Waals surface area contributed by atoms with Gasteiger partial charge in [0.2, 0.25) is 10.0 Å². The molecule has 0 aliphatic heterocycles. The van der Waals surface area contributed by atoms with E-state index in [1.807, 2.05) is 0 Å². The van der Waals surface area contributed by atoms with Gasteiger partial charge >= 0.3 is 0 Å². The molecule has 1 aromatic heterocycles. The number of nitrogens with one attached hydrogen (secondary N) is 1. The van der Waals surface area contributed by atoms with E-state index in [0.29, 0.717) is 5.69 Å². The van der Waals surface area contributed by atoms with Gasteiger partial charge < -0.3 is 9.88 Å². The molecule has 6 nitrogen and oxygen atoms in total. The summed E-state index contributed by atoms with van der Waals surface area (Å²) >= 11 is 0. The average Bonchev–Trinajstić information content (AvgIpc) is 2.73. The number of aryl methyl sites for hydroxylation is 1. The van der Waals surface area contributed by atoms with Crippen molar-refractivity contribution in [2.75, 3.05) is 5.32 Å². The molecule has 8 heteroatoms. The molecular weight excluding hydrogens is 285 g/mol. The highest BCUT2D eigenvalue weighted by molar-refractivity contribution is 7.89. The highest BCUT2D eigenvalue weighted by atomic mass is 32.2. The minimum Gasteiger partial charge on any atom is -0.347 e. The molecule has 0 aliphatic rings. The molecule has 1 aromatic carbocycles. The van der Waals surface area contributed by atoms with Crippen LogP contribution in [-0.4, -0.2) is 18.9 Å². The van der Waals surface area contributed by atoms with Gasteiger partial charge in [0, 0.05) is 18.9 Å². The number of carbonyl (C=O) groups excluding carboxylic acids is 1. The summed E-state index contributed by atoms with van der Waals surface area (Å²) in [7, 11) is -2.37. The summed E-state index contributed by atoms with van der Waals surface area (Å²) in [5.41, 5.74) is 0.367. The number of aromatic nitrogens is 1. The monoisotopic (exact) mass is 297 g/mol. The van der Waals surface area contributed by atoms with Crippen molar-refractivity contribution in [3.63, 3.8) is 0 Å². The third kappa shape index (κ3) is 3.03. The van der Waals surface area contributed by atoms with Crippen molar-refractivity contribution < 1.29 is 17.6 Å². The predicted molar refractivity (Wildman–Crippen MR) is 71.1 cm³/mol. The van der Waals surface area contributed by atoms with Gasteiger partial charge in [-0.15, -0.1) is 0 Å². The van der Waals surface area contributed by atoms with Gasteiger partial charge in [0.1, 0.15) is 11.5 Å². The third-order valence-electron chi connectivity index (χ3n) is 2.63. The molecule has 0 spiro atoms. The molecule has 0 atom stereocenters. The van der Waals surface area contributed by atoms with Crippen LogP contribution in [-0.2, 0) is 17.1 Å². The lowest BCUT2D eigenvalue weighted by Crippen LogP contribution is -2.17. The van der Waals surface area contributed by atoms with Crippen LogP contribution in [0, 0.1) is 5.82 Å². The topological polar surface area (TPSA) is 94.2 Å². The number of halogens is 1. The Morgan fingerprint density at radius 3 is 2.60 bits per heavy atom. The molecule has 0 unspecified atom stereocenters. The molecule has 0 fully saturated rings. The first-order valence-electron chi connectivity index (χ1n) is 5.53. The molecule has 0 aliphatic carbocycles. The Labute approximate surface area is 115 Å². The summed E-state index contributed by atoms with van der Waals surface area (Å²) in [6.45, 7) is 0. The number of rotatable bonds is 3. The van der Waals surface area contributed by atoms with Gasteiger partial charge in [-0.1, -0.05) is 0 Å². The first-order chi connectivity index (χ1) is 9.27. The van der Waals surface area contributed by atoms with Crippen molar-refractivity contribution in [3.8, 4) is 0 Å². The van der Waals surface area contributed by atoms with Crippen molar-refractivity contribution >= 4 is 21.6 Å². The van der Waals surface area contributed by atoms with Crippen LogP contribution < -0.4 is 10.5 Å². The minimum atomic E-state index is -4.04. The van der Waals surface area contributed by atoms with Crippen LogP contribution in [0.1, 0.15) is 10.5 Å². The van der Waals surface area contributed by atoms with Gasteiger partial charge in [0.25, 0.3) is 5.91 Å². The Morgan fingerprint density at radius 1 is 1.35 bits per heavy atom. The summed E-state index contributed by atoms with van der Waals surface area (Å²) in [4.78, 5) is 11.5. The Morgan fingerprint density at radius 2 is 2.05 bits per heavy atom. The first kappa shape index (κ1) is 14.2. The van der Waals surface area contributed by atoms with E-state index < -0.39 is 26.6 Å². The quantitative estimate of drug-likeness (QED) is 0.887. The minimum absolute atomic E-state index is 0.0141. The standard InChI is InChI=1S/C12H12FN3O3S/c1-16-4-2-3-11(16)12(17)15-9-5-8(13)6-10(7-9)20(14,18)19/h2-7H,1H3,(H,15,17)(H2,14,18,19). The molecule has 0 radical (unpaired) electrons. The van der Waals surface area contributed by atoms with Crippen molar-refractivity contribution in [2.24, 2.45) is 12.2 Å². The fourth-order valence-electron chi connectivity index (χ4n) is 1.69. The number of carbonyl (C=O) groups is 1. The van der Waals surface area contributed by atoms with E-state index in [1.165, 1.54) is 0 Å². The molecular formula is C12H12FN3O3S. The van der Waals surface area contributed by atoms with E-state index in [-0.39, 0.29) is 5.69 Å². The van der Waals surface area contributed by atoms with Gasteiger partial charge in [0.05, 0.1) is 4.90 Å². The van der Waals surface area contributed by atoms with E-state index in [4.69, 9.17) is 5.14 Å². The Bertz CT molecular complexity index is 768. The number of primary sulfonamides is 1. The molecule has 0 saturated heterocycles. The zero-order valence-corrected chi connectivity index (χ0v) is 11.3. The molecule has 1 amide bonds. The highest BCUT2D eigenvalue weighted by Crippen LogP contribution is 2.18. The second kappa shape index (κ2) is 5.06. The molecule has 106 valence electrons. The number of benzene rings is 1. The summed E-state index contributed by atoms with van der Waals surface area (Å²) in [6, 6.07) is 6.15. The van der Waals surface area contributed by atoms with E-state index >= 15 is 0 Å². The maximum Gasteiger partial charge on any atom is 0.272 e. The zero-order valence-electron chi connectivity index (χ0n) is 10.5. The fourth-order valence-corrected chi connectivity index (χ4v) is 2.26. The number of hydrogen-bond donors (Lipinski definition) is 2. The van der Waals surface area contributed by atoms with Crippen LogP contribution in [0.4, 0.5) is 10.1 Å². The van der Waals surface area contributed by atoms with E-state index in [0.717, 1.165) is 18.2 Å². The van der Waals surface area contributed by atoms with Crippen LogP contribution >= 0.6 is 0 Å². The average molecular weight is 297 g/mol. The van der Waals surface area contributed by atoms with Gasteiger partial charge in [-0.25, -0.2) is 17.9 Å².